The number of rotatable bonds is 4. The minimum atomic E-state index is -3.85. The van der Waals surface area contributed by atoms with Crippen LogP contribution in [0, 0.1) is 19.8 Å². The zero-order valence-corrected chi connectivity index (χ0v) is 13.2. The zero-order valence-electron chi connectivity index (χ0n) is 12.4. The van der Waals surface area contributed by atoms with E-state index in [1.54, 1.807) is 20.8 Å². The minimum Gasteiger partial charge on any atom is -0.459 e. The number of ether oxygens (including phenoxy) is 1. The van der Waals surface area contributed by atoms with Crippen molar-refractivity contribution in [3.63, 3.8) is 0 Å². The van der Waals surface area contributed by atoms with Gasteiger partial charge in [0.15, 0.2) is 0 Å². The smallest absolute Gasteiger partial charge is 0.338 e. The van der Waals surface area contributed by atoms with E-state index in [2.05, 4.69) is 0 Å². The predicted octanol–water partition coefficient (Wildman–Crippen LogP) is 2.15. The maximum atomic E-state index is 12.2. The molecule has 6 heteroatoms. The van der Waals surface area contributed by atoms with E-state index < -0.39 is 16.0 Å². The molecule has 0 saturated heterocycles. The largest absolute Gasteiger partial charge is 0.459 e. The Morgan fingerprint density at radius 1 is 1.20 bits per heavy atom. The molecular formula is C14H21NO4S. The molecule has 0 radical (unpaired) electrons. The van der Waals surface area contributed by atoms with Crippen molar-refractivity contribution in [3.8, 4) is 0 Å². The maximum absolute atomic E-state index is 12.2. The monoisotopic (exact) mass is 299 g/mol. The zero-order chi connectivity index (χ0) is 15.7. The highest BCUT2D eigenvalue weighted by Crippen LogP contribution is 2.21. The standard InChI is InChI=1S/C14H21NO4S/c1-8(2)11(5)19-14(16)13-7-12(20(15,17)18)6-9(3)10(13)4/h6-8,11H,1-5H3,(H2,15,17,18). The molecule has 2 N–H and O–H groups in total. The molecule has 0 aliphatic carbocycles. The third-order valence-electron chi connectivity index (χ3n) is 3.42. The summed E-state index contributed by atoms with van der Waals surface area (Å²) in [7, 11) is -3.85. The summed E-state index contributed by atoms with van der Waals surface area (Å²) in [5.74, 6) is -0.348. The van der Waals surface area contributed by atoms with Crippen molar-refractivity contribution in [2.24, 2.45) is 11.1 Å². The number of sulfonamides is 1. The average molecular weight is 299 g/mol. The second-order valence-corrected chi connectivity index (χ2v) is 6.87. The number of benzene rings is 1. The summed E-state index contributed by atoms with van der Waals surface area (Å²) in [5, 5.41) is 5.11. The highest BCUT2D eigenvalue weighted by Gasteiger charge is 2.20. The van der Waals surface area contributed by atoms with E-state index in [-0.39, 0.29) is 22.5 Å². The van der Waals surface area contributed by atoms with E-state index in [4.69, 9.17) is 9.88 Å². The third kappa shape index (κ3) is 3.80. The number of nitrogens with two attached hydrogens (primary N) is 1. The molecule has 5 nitrogen and oxygen atoms in total. The van der Waals surface area contributed by atoms with Gasteiger partial charge in [0.05, 0.1) is 10.5 Å². The van der Waals surface area contributed by atoms with Gasteiger partial charge in [0.25, 0.3) is 0 Å². The summed E-state index contributed by atoms with van der Waals surface area (Å²) in [6.45, 7) is 9.16. The molecular weight excluding hydrogens is 278 g/mol. The minimum absolute atomic E-state index is 0.0789. The highest BCUT2D eigenvalue weighted by molar-refractivity contribution is 7.89. The lowest BCUT2D eigenvalue weighted by Crippen LogP contribution is -2.22. The molecule has 0 aliphatic heterocycles. The van der Waals surface area contributed by atoms with Crippen LogP contribution in [-0.2, 0) is 14.8 Å². The van der Waals surface area contributed by atoms with Gasteiger partial charge in [-0.3, -0.25) is 0 Å². The van der Waals surface area contributed by atoms with Crippen molar-refractivity contribution >= 4 is 16.0 Å². The molecule has 0 aromatic heterocycles. The fourth-order valence-corrected chi connectivity index (χ4v) is 2.19. The fraction of sp³-hybridized carbons (Fsp3) is 0.500. The lowest BCUT2D eigenvalue weighted by atomic mass is 10.0. The summed E-state index contributed by atoms with van der Waals surface area (Å²) >= 11 is 0. The number of hydrogen-bond donors (Lipinski definition) is 1. The molecule has 0 bridgehead atoms. The summed E-state index contributed by atoms with van der Waals surface area (Å²) in [6, 6.07) is 2.72. The fourth-order valence-electron chi connectivity index (χ4n) is 1.57. The molecule has 0 spiro atoms. The van der Waals surface area contributed by atoms with Gasteiger partial charge in [0.1, 0.15) is 6.10 Å². The Balaban J connectivity index is 3.24. The molecule has 0 aliphatic rings. The molecule has 0 saturated carbocycles. The summed E-state index contributed by atoms with van der Waals surface area (Å²) in [5.41, 5.74) is 1.61. The van der Waals surface area contributed by atoms with Gasteiger partial charge in [0, 0.05) is 0 Å². The number of carbonyl (C=O) groups is 1. The predicted molar refractivity (Wildman–Crippen MR) is 77.0 cm³/mol. The number of primary sulfonamides is 1. The van der Waals surface area contributed by atoms with Gasteiger partial charge >= 0.3 is 5.97 Å². The van der Waals surface area contributed by atoms with Crippen molar-refractivity contribution in [1.82, 2.24) is 0 Å². The molecule has 1 aromatic rings. The van der Waals surface area contributed by atoms with Crippen molar-refractivity contribution in [2.75, 3.05) is 0 Å². The van der Waals surface area contributed by atoms with Crippen LogP contribution in [0.1, 0.15) is 42.3 Å². The third-order valence-corrected chi connectivity index (χ3v) is 4.31. The van der Waals surface area contributed by atoms with Crippen LogP contribution in [0.25, 0.3) is 0 Å². The molecule has 20 heavy (non-hydrogen) atoms. The first-order valence-electron chi connectivity index (χ1n) is 6.39. The van der Waals surface area contributed by atoms with Gasteiger partial charge in [0.2, 0.25) is 10.0 Å². The van der Waals surface area contributed by atoms with E-state index in [0.29, 0.717) is 11.1 Å². The average Bonchev–Trinajstić information content (AvgIpc) is 2.30. The van der Waals surface area contributed by atoms with Crippen LogP contribution in [0.15, 0.2) is 17.0 Å². The first-order valence-corrected chi connectivity index (χ1v) is 7.93. The van der Waals surface area contributed by atoms with E-state index in [0.717, 1.165) is 0 Å². The molecule has 0 amide bonds. The van der Waals surface area contributed by atoms with Gasteiger partial charge in [-0.05, 0) is 49.9 Å². The van der Waals surface area contributed by atoms with E-state index in [1.807, 2.05) is 13.8 Å². The van der Waals surface area contributed by atoms with Gasteiger partial charge < -0.3 is 4.74 Å². The normalized spacial score (nSPS) is 13.3. The number of esters is 1. The van der Waals surface area contributed by atoms with Crippen molar-refractivity contribution < 1.29 is 17.9 Å². The van der Waals surface area contributed by atoms with Gasteiger partial charge in [-0.25, -0.2) is 18.4 Å². The van der Waals surface area contributed by atoms with Crippen LogP contribution in [0.5, 0.6) is 0 Å². The Morgan fingerprint density at radius 3 is 2.20 bits per heavy atom. The van der Waals surface area contributed by atoms with Crippen LogP contribution < -0.4 is 5.14 Å². The lowest BCUT2D eigenvalue weighted by Gasteiger charge is -2.18. The van der Waals surface area contributed by atoms with Gasteiger partial charge in [-0.1, -0.05) is 13.8 Å². The first-order chi connectivity index (χ1) is 9.04. The molecule has 1 unspecified atom stereocenters. The Kier molecular flexibility index (Phi) is 4.94. The van der Waals surface area contributed by atoms with Gasteiger partial charge in [-0.2, -0.15) is 0 Å². The van der Waals surface area contributed by atoms with E-state index in [1.165, 1.54) is 12.1 Å². The summed E-state index contributed by atoms with van der Waals surface area (Å²) in [4.78, 5) is 12.1. The molecule has 0 heterocycles. The SMILES string of the molecule is Cc1cc(S(N)(=O)=O)cc(C(=O)OC(C)C(C)C)c1C. The Hall–Kier alpha value is -1.40. The van der Waals surface area contributed by atoms with E-state index >= 15 is 0 Å². The van der Waals surface area contributed by atoms with Crippen LogP contribution in [0.2, 0.25) is 0 Å². The van der Waals surface area contributed by atoms with Crippen LogP contribution in [0.4, 0.5) is 0 Å². The molecule has 112 valence electrons. The van der Waals surface area contributed by atoms with Crippen molar-refractivity contribution in [3.05, 3.63) is 28.8 Å². The molecule has 1 atom stereocenters. The Labute approximate surface area is 120 Å². The molecule has 0 fully saturated rings. The summed E-state index contributed by atoms with van der Waals surface area (Å²) < 4.78 is 28.2. The number of aryl methyl sites for hydroxylation is 1. The van der Waals surface area contributed by atoms with Crippen molar-refractivity contribution in [1.29, 1.82) is 0 Å². The lowest BCUT2D eigenvalue weighted by molar-refractivity contribution is 0.0237. The number of hydrogen-bond acceptors (Lipinski definition) is 4. The van der Waals surface area contributed by atoms with Gasteiger partial charge in [-0.15, -0.1) is 0 Å². The Bertz CT molecular complexity index is 620. The van der Waals surface area contributed by atoms with Crippen LogP contribution in [-0.4, -0.2) is 20.5 Å². The topological polar surface area (TPSA) is 86.5 Å². The molecule has 1 rings (SSSR count). The number of carbonyl (C=O) groups excluding carboxylic acids is 1. The highest BCUT2D eigenvalue weighted by atomic mass is 32.2. The van der Waals surface area contributed by atoms with Crippen LogP contribution in [0.3, 0.4) is 0 Å². The summed E-state index contributed by atoms with van der Waals surface area (Å²) in [6.07, 6.45) is -0.250. The Morgan fingerprint density at radius 2 is 1.75 bits per heavy atom. The van der Waals surface area contributed by atoms with E-state index in [9.17, 15) is 13.2 Å². The second kappa shape index (κ2) is 5.93. The maximum Gasteiger partial charge on any atom is 0.338 e. The van der Waals surface area contributed by atoms with Crippen molar-refractivity contribution in [2.45, 2.75) is 45.6 Å². The molecule has 1 aromatic carbocycles. The van der Waals surface area contributed by atoms with Crippen LogP contribution >= 0.6 is 0 Å². The second-order valence-electron chi connectivity index (χ2n) is 5.31. The quantitative estimate of drug-likeness (QED) is 0.863. The first kappa shape index (κ1) is 16.7.